The van der Waals surface area contributed by atoms with Crippen LogP contribution in [0, 0.1) is 11.8 Å². The Balaban J connectivity index is 2.46. The molecular weight excluding hydrogens is 236 g/mol. The van der Waals surface area contributed by atoms with Crippen LogP contribution >= 0.6 is 0 Å². The molecule has 0 aromatic rings. The summed E-state index contributed by atoms with van der Waals surface area (Å²) in [6.45, 7) is 3.89. The number of nitrogens with zero attached hydrogens (tertiary/aromatic N) is 1. The van der Waals surface area contributed by atoms with Crippen LogP contribution in [0.2, 0.25) is 0 Å². The summed E-state index contributed by atoms with van der Waals surface area (Å²) in [4.78, 5) is 14.4. The molecule has 1 aliphatic carbocycles. The van der Waals surface area contributed by atoms with Gasteiger partial charge < -0.3 is 10.2 Å². The van der Waals surface area contributed by atoms with E-state index in [-0.39, 0.29) is 5.92 Å². The van der Waals surface area contributed by atoms with Crippen LogP contribution in [0.5, 0.6) is 0 Å². The third-order valence-corrected chi connectivity index (χ3v) is 4.40. The van der Waals surface area contributed by atoms with E-state index in [2.05, 4.69) is 12.2 Å². The van der Waals surface area contributed by atoms with Crippen LogP contribution in [-0.4, -0.2) is 38.0 Å². The van der Waals surface area contributed by atoms with Gasteiger partial charge in [-0.15, -0.1) is 0 Å². The van der Waals surface area contributed by atoms with E-state index >= 15 is 0 Å². The van der Waals surface area contributed by atoms with Crippen LogP contribution < -0.4 is 5.32 Å². The molecule has 1 aliphatic rings. The summed E-state index contributed by atoms with van der Waals surface area (Å²) in [6.07, 6.45) is 10.1. The number of hydrogen-bond acceptors (Lipinski definition) is 2. The maximum atomic E-state index is 12.5. The topological polar surface area (TPSA) is 32.3 Å². The molecule has 1 N–H and O–H groups in total. The molecule has 0 saturated heterocycles. The van der Waals surface area contributed by atoms with Gasteiger partial charge in [0.15, 0.2) is 0 Å². The predicted octanol–water partition coefficient (Wildman–Crippen LogP) is 3.05. The first kappa shape index (κ1) is 16.5. The molecule has 0 bridgehead atoms. The van der Waals surface area contributed by atoms with Crippen molar-refractivity contribution in [1.29, 1.82) is 0 Å². The Kier molecular flexibility index (Phi) is 8.11. The zero-order valence-corrected chi connectivity index (χ0v) is 13.1. The van der Waals surface area contributed by atoms with E-state index in [1.165, 1.54) is 32.1 Å². The van der Waals surface area contributed by atoms with Crippen molar-refractivity contribution in [2.75, 3.05) is 27.2 Å². The first-order valence-corrected chi connectivity index (χ1v) is 8.08. The largest absolute Gasteiger partial charge is 0.344 e. The number of nitrogens with one attached hydrogen (secondary N) is 1. The van der Waals surface area contributed by atoms with E-state index in [0.717, 1.165) is 38.3 Å². The van der Waals surface area contributed by atoms with Crippen LogP contribution in [-0.2, 0) is 4.79 Å². The summed E-state index contributed by atoms with van der Waals surface area (Å²) in [5, 5.41) is 3.11. The molecule has 1 unspecified atom stereocenters. The summed E-state index contributed by atoms with van der Waals surface area (Å²) in [5.74, 6) is 1.42. The highest BCUT2D eigenvalue weighted by Gasteiger charge is 2.25. The lowest BCUT2D eigenvalue weighted by atomic mass is 9.81. The molecule has 1 saturated carbocycles. The molecule has 0 aliphatic heterocycles. The standard InChI is InChI=1S/C16H32N2O/c1-4-8-15(13-14-9-6-5-7-10-14)16(19)18(3)12-11-17-2/h14-15,17H,4-13H2,1-3H3. The zero-order valence-electron chi connectivity index (χ0n) is 13.1. The molecule has 1 fully saturated rings. The van der Waals surface area contributed by atoms with Gasteiger partial charge >= 0.3 is 0 Å². The molecule has 0 aromatic carbocycles. The predicted molar refractivity (Wildman–Crippen MR) is 81.2 cm³/mol. The third-order valence-electron chi connectivity index (χ3n) is 4.40. The van der Waals surface area contributed by atoms with E-state index in [1.54, 1.807) is 0 Å². The number of amides is 1. The third kappa shape index (κ3) is 5.94. The average molecular weight is 268 g/mol. The Morgan fingerprint density at radius 1 is 1.32 bits per heavy atom. The van der Waals surface area contributed by atoms with Gasteiger partial charge in [-0.2, -0.15) is 0 Å². The van der Waals surface area contributed by atoms with Crippen molar-refractivity contribution in [3.8, 4) is 0 Å². The lowest BCUT2D eigenvalue weighted by Gasteiger charge is -2.28. The Labute approximate surface area is 119 Å². The first-order valence-electron chi connectivity index (χ1n) is 8.08. The van der Waals surface area contributed by atoms with Crippen molar-refractivity contribution in [3.05, 3.63) is 0 Å². The molecule has 0 spiro atoms. The Morgan fingerprint density at radius 2 is 2.00 bits per heavy atom. The molecule has 3 nitrogen and oxygen atoms in total. The van der Waals surface area contributed by atoms with Gasteiger partial charge in [-0.05, 0) is 25.8 Å². The van der Waals surface area contributed by atoms with E-state index in [4.69, 9.17) is 0 Å². The summed E-state index contributed by atoms with van der Waals surface area (Å²) < 4.78 is 0. The second-order valence-corrected chi connectivity index (χ2v) is 6.09. The molecule has 112 valence electrons. The smallest absolute Gasteiger partial charge is 0.225 e. The molecule has 3 heteroatoms. The quantitative estimate of drug-likeness (QED) is 0.734. The van der Waals surface area contributed by atoms with Crippen molar-refractivity contribution < 1.29 is 4.79 Å². The van der Waals surface area contributed by atoms with Crippen molar-refractivity contribution in [2.24, 2.45) is 11.8 Å². The van der Waals surface area contributed by atoms with Gasteiger partial charge in [0, 0.05) is 26.1 Å². The van der Waals surface area contributed by atoms with E-state index in [0.29, 0.717) is 5.91 Å². The maximum Gasteiger partial charge on any atom is 0.225 e. The van der Waals surface area contributed by atoms with Crippen molar-refractivity contribution in [3.63, 3.8) is 0 Å². The molecule has 0 radical (unpaired) electrons. The molecule has 0 heterocycles. The Hall–Kier alpha value is -0.570. The number of rotatable bonds is 8. The minimum atomic E-state index is 0.259. The first-order chi connectivity index (χ1) is 9.19. The van der Waals surface area contributed by atoms with Gasteiger partial charge in [-0.1, -0.05) is 45.4 Å². The van der Waals surface area contributed by atoms with Gasteiger partial charge in [0.05, 0.1) is 0 Å². The lowest BCUT2D eigenvalue weighted by molar-refractivity contribution is -0.135. The van der Waals surface area contributed by atoms with Crippen LogP contribution in [0.4, 0.5) is 0 Å². The van der Waals surface area contributed by atoms with Crippen LogP contribution in [0.25, 0.3) is 0 Å². The highest BCUT2D eigenvalue weighted by molar-refractivity contribution is 5.78. The number of hydrogen-bond donors (Lipinski definition) is 1. The van der Waals surface area contributed by atoms with Gasteiger partial charge in [0.2, 0.25) is 5.91 Å². The van der Waals surface area contributed by atoms with E-state index in [1.807, 2.05) is 19.0 Å². The lowest BCUT2D eigenvalue weighted by Crippen LogP contribution is -2.37. The monoisotopic (exact) mass is 268 g/mol. The highest BCUT2D eigenvalue weighted by Crippen LogP contribution is 2.31. The summed E-state index contributed by atoms with van der Waals surface area (Å²) in [7, 11) is 3.88. The minimum Gasteiger partial charge on any atom is -0.344 e. The zero-order chi connectivity index (χ0) is 14.1. The number of likely N-dealkylation sites (N-methyl/N-ethyl adjacent to an activating group) is 2. The average Bonchev–Trinajstić information content (AvgIpc) is 2.44. The van der Waals surface area contributed by atoms with Gasteiger partial charge in [-0.3, -0.25) is 4.79 Å². The summed E-state index contributed by atoms with van der Waals surface area (Å²) in [5.41, 5.74) is 0. The highest BCUT2D eigenvalue weighted by atomic mass is 16.2. The van der Waals surface area contributed by atoms with Crippen molar-refractivity contribution in [2.45, 2.75) is 58.3 Å². The Morgan fingerprint density at radius 3 is 2.58 bits per heavy atom. The summed E-state index contributed by atoms with van der Waals surface area (Å²) >= 11 is 0. The van der Waals surface area contributed by atoms with Crippen LogP contribution in [0.3, 0.4) is 0 Å². The maximum absolute atomic E-state index is 12.5. The van der Waals surface area contributed by atoms with E-state index < -0.39 is 0 Å². The molecule has 1 atom stereocenters. The fourth-order valence-corrected chi connectivity index (χ4v) is 3.22. The number of carbonyl (C=O) groups excluding carboxylic acids is 1. The molecule has 19 heavy (non-hydrogen) atoms. The van der Waals surface area contributed by atoms with Gasteiger partial charge in [0.25, 0.3) is 0 Å². The second-order valence-electron chi connectivity index (χ2n) is 6.09. The second kappa shape index (κ2) is 9.35. The molecular formula is C16H32N2O. The molecule has 1 rings (SSSR count). The Bertz CT molecular complexity index is 249. The van der Waals surface area contributed by atoms with Crippen molar-refractivity contribution >= 4 is 5.91 Å². The fourth-order valence-electron chi connectivity index (χ4n) is 3.22. The normalized spacial score (nSPS) is 18.3. The van der Waals surface area contributed by atoms with Crippen LogP contribution in [0.15, 0.2) is 0 Å². The van der Waals surface area contributed by atoms with Gasteiger partial charge in [-0.25, -0.2) is 0 Å². The SMILES string of the molecule is CCCC(CC1CCCCC1)C(=O)N(C)CCNC. The summed E-state index contributed by atoms with van der Waals surface area (Å²) in [6, 6.07) is 0. The van der Waals surface area contributed by atoms with E-state index in [9.17, 15) is 4.79 Å². The van der Waals surface area contributed by atoms with Gasteiger partial charge in [0.1, 0.15) is 0 Å². The van der Waals surface area contributed by atoms with Crippen molar-refractivity contribution in [1.82, 2.24) is 10.2 Å². The van der Waals surface area contributed by atoms with Crippen LogP contribution in [0.1, 0.15) is 58.3 Å². The number of carbonyl (C=O) groups is 1. The molecule has 0 aromatic heterocycles. The molecule has 1 amide bonds. The fraction of sp³-hybridized carbons (Fsp3) is 0.938. The minimum absolute atomic E-state index is 0.259.